The van der Waals surface area contributed by atoms with Crippen LogP contribution in [0.4, 0.5) is 0 Å². The minimum absolute atomic E-state index is 0. The van der Waals surface area contributed by atoms with Gasteiger partial charge in [0.05, 0.1) is 0 Å². The molecule has 0 amide bonds. The van der Waals surface area contributed by atoms with Crippen LogP contribution < -0.4 is 18.9 Å². The van der Waals surface area contributed by atoms with E-state index in [0.29, 0.717) is 6.04 Å². The minimum atomic E-state index is 0. The topological polar surface area (TPSA) is 3.24 Å². The van der Waals surface area contributed by atoms with Crippen LogP contribution in [0.25, 0.3) is 0 Å². The van der Waals surface area contributed by atoms with Gasteiger partial charge < -0.3 is 4.90 Å². The van der Waals surface area contributed by atoms with Gasteiger partial charge in [-0.3, -0.25) is 0 Å². The number of nitrogens with zero attached hydrogens (tertiary/aromatic N) is 1. The summed E-state index contributed by atoms with van der Waals surface area (Å²) >= 11 is 0. The normalized spacial score (nSPS) is 19.8. The second kappa shape index (κ2) is 6.66. The Morgan fingerprint density at radius 2 is 2.08 bits per heavy atom. The van der Waals surface area contributed by atoms with Crippen molar-refractivity contribution < 1.29 is 18.9 Å². The van der Waals surface area contributed by atoms with E-state index < -0.39 is 0 Å². The van der Waals surface area contributed by atoms with Gasteiger partial charge in [0.15, 0.2) is 0 Å². The first-order valence-electron chi connectivity index (χ1n) is 4.64. The molecule has 0 radical (unpaired) electrons. The summed E-state index contributed by atoms with van der Waals surface area (Å²) in [4.78, 5) is 2.50. The van der Waals surface area contributed by atoms with E-state index in [1.807, 2.05) is 0 Å². The van der Waals surface area contributed by atoms with Crippen LogP contribution in [0.3, 0.4) is 0 Å². The molecule has 1 aliphatic carbocycles. The zero-order chi connectivity index (χ0) is 8.10. The smallest absolute Gasteiger partial charge is 0.326 e. The van der Waals surface area contributed by atoms with Crippen molar-refractivity contribution in [2.24, 2.45) is 0 Å². The number of hydrogen-bond acceptors (Lipinski definition) is 1. The molecule has 0 aromatic rings. The molecule has 0 aromatic carbocycles. The molecule has 12 heavy (non-hydrogen) atoms. The average molecular weight is 159 g/mol. The predicted molar refractivity (Wildman–Crippen MR) is 49.4 cm³/mol. The molecule has 1 atom stereocenters. The second-order valence-electron chi connectivity index (χ2n) is 3.05. The van der Waals surface area contributed by atoms with Crippen molar-refractivity contribution in [3.05, 3.63) is 18.6 Å². The van der Waals surface area contributed by atoms with Gasteiger partial charge >= 0.3 is 18.9 Å². The van der Waals surface area contributed by atoms with Crippen LogP contribution in [-0.4, -0.2) is 24.0 Å². The monoisotopic (exact) mass is 159 g/mol. The van der Waals surface area contributed by atoms with Gasteiger partial charge in [-0.05, 0) is 19.5 Å². The molecule has 0 N–H and O–H groups in total. The van der Waals surface area contributed by atoms with Crippen molar-refractivity contribution in [1.29, 1.82) is 0 Å². The van der Waals surface area contributed by atoms with E-state index in [1.54, 1.807) is 0 Å². The Bertz CT molecular complexity index is 134. The predicted octanol–water partition coefficient (Wildman–Crippen LogP) is -0.745. The Labute approximate surface area is 88.4 Å². The second-order valence-corrected chi connectivity index (χ2v) is 3.05. The fraction of sp³-hybridized carbons (Fsp3) is 0.700. The molecule has 0 heterocycles. The summed E-state index contributed by atoms with van der Waals surface area (Å²) in [7, 11) is 0. The first-order valence-corrected chi connectivity index (χ1v) is 4.64. The molecule has 0 spiro atoms. The summed E-state index contributed by atoms with van der Waals surface area (Å²) in [5.74, 6) is 0. The Balaban J connectivity index is 0.00000121. The van der Waals surface area contributed by atoms with E-state index >= 15 is 0 Å². The fourth-order valence-electron chi connectivity index (χ4n) is 1.33. The third kappa shape index (κ3) is 3.27. The first-order chi connectivity index (χ1) is 5.38. The molecular formula is C10H18LiN. The van der Waals surface area contributed by atoms with Crippen LogP contribution in [0.1, 0.15) is 26.7 Å². The summed E-state index contributed by atoms with van der Waals surface area (Å²) < 4.78 is 0. The summed E-state index contributed by atoms with van der Waals surface area (Å²) in [6, 6.07) is 0.645. The molecule has 2 heteroatoms. The summed E-state index contributed by atoms with van der Waals surface area (Å²) in [6.07, 6.45) is 9.29. The Morgan fingerprint density at radius 3 is 2.42 bits per heavy atom. The molecule has 0 fully saturated rings. The van der Waals surface area contributed by atoms with E-state index in [-0.39, 0.29) is 18.9 Å². The van der Waals surface area contributed by atoms with Crippen molar-refractivity contribution in [2.75, 3.05) is 13.1 Å². The van der Waals surface area contributed by atoms with Crippen LogP contribution in [0.2, 0.25) is 0 Å². The number of likely N-dealkylation sites (N-methyl/N-ethyl adjacent to an activating group) is 1. The van der Waals surface area contributed by atoms with Gasteiger partial charge in [-0.2, -0.15) is 0 Å². The number of rotatable bonds is 5. The van der Waals surface area contributed by atoms with Gasteiger partial charge in [-0.15, -0.1) is 0 Å². The van der Waals surface area contributed by atoms with Gasteiger partial charge in [0, 0.05) is 0 Å². The molecule has 0 saturated carbocycles. The maximum atomic E-state index is 2.50. The largest absolute Gasteiger partial charge is 1.00 e. The molecule has 0 bridgehead atoms. The van der Waals surface area contributed by atoms with E-state index in [4.69, 9.17) is 0 Å². The maximum Gasteiger partial charge on any atom is 1.00 e. The molecule has 1 rings (SSSR count). The maximum absolute atomic E-state index is 2.50. The van der Waals surface area contributed by atoms with Crippen LogP contribution in [-0.2, 0) is 0 Å². The fourth-order valence-corrected chi connectivity index (χ4v) is 1.33. The Hall–Kier alpha value is 0.167. The minimum Gasteiger partial charge on any atom is -0.326 e. The van der Waals surface area contributed by atoms with Gasteiger partial charge in [0.1, 0.15) is 0 Å². The first kappa shape index (κ1) is 12.2. The molecule has 1 unspecified atom stereocenters. The number of unbranched alkanes of at least 4 members (excludes halogenated alkanes) is 1. The van der Waals surface area contributed by atoms with Gasteiger partial charge in [-0.1, -0.05) is 26.3 Å². The molecule has 0 aliphatic heterocycles. The van der Waals surface area contributed by atoms with Crippen molar-refractivity contribution in [2.45, 2.75) is 32.7 Å². The van der Waals surface area contributed by atoms with Crippen molar-refractivity contribution >= 4 is 0 Å². The zero-order valence-electron chi connectivity index (χ0n) is 8.59. The van der Waals surface area contributed by atoms with E-state index in [2.05, 4.69) is 37.3 Å². The van der Waals surface area contributed by atoms with Gasteiger partial charge in [0.25, 0.3) is 0 Å². The van der Waals surface area contributed by atoms with Gasteiger partial charge in [0.2, 0.25) is 0 Å². The molecule has 0 saturated heterocycles. The molecular weight excluding hydrogens is 141 g/mol. The van der Waals surface area contributed by atoms with E-state index in [0.717, 1.165) is 0 Å². The molecule has 64 valence electrons. The van der Waals surface area contributed by atoms with Crippen LogP contribution in [0.15, 0.2) is 12.2 Å². The molecule has 1 nitrogen and oxygen atoms in total. The van der Waals surface area contributed by atoms with Crippen molar-refractivity contribution in [3.8, 4) is 0 Å². The van der Waals surface area contributed by atoms with Crippen LogP contribution in [0, 0.1) is 6.42 Å². The summed E-state index contributed by atoms with van der Waals surface area (Å²) in [5.41, 5.74) is 0. The van der Waals surface area contributed by atoms with Crippen LogP contribution in [0.5, 0.6) is 0 Å². The SMILES string of the molecule is CCCCN(CC)C1C=C[CH-]1.[Li+]. The van der Waals surface area contributed by atoms with Crippen molar-refractivity contribution in [3.63, 3.8) is 0 Å². The summed E-state index contributed by atoms with van der Waals surface area (Å²) in [6.45, 7) is 6.90. The third-order valence-electron chi connectivity index (χ3n) is 2.24. The Morgan fingerprint density at radius 1 is 1.42 bits per heavy atom. The number of hydrogen-bond donors (Lipinski definition) is 0. The quantitative estimate of drug-likeness (QED) is 0.377. The standard InChI is InChI=1S/C10H18N.Li/c1-3-5-9-11(4-2)10-7-6-8-10;/h6-8,10H,3-5,9H2,1-2H3;/q-1;+1. The van der Waals surface area contributed by atoms with Crippen molar-refractivity contribution in [1.82, 2.24) is 4.90 Å². The van der Waals surface area contributed by atoms with E-state index in [1.165, 1.54) is 25.9 Å². The summed E-state index contributed by atoms with van der Waals surface area (Å²) in [5, 5.41) is 0. The molecule has 0 aromatic heterocycles. The van der Waals surface area contributed by atoms with Gasteiger partial charge in [-0.25, -0.2) is 18.6 Å². The molecule has 1 aliphatic rings. The third-order valence-corrected chi connectivity index (χ3v) is 2.24. The van der Waals surface area contributed by atoms with E-state index in [9.17, 15) is 0 Å². The Kier molecular flexibility index (Phi) is 6.75. The average Bonchev–Trinajstić information content (AvgIpc) is 1.93. The zero-order valence-corrected chi connectivity index (χ0v) is 8.59. The van der Waals surface area contributed by atoms with Crippen LogP contribution >= 0.6 is 0 Å².